The second kappa shape index (κ2) is 8.74. The van der Waals surface area contributed by atoms with E-state index in [1.165, 1.54) is 0 Å². The Labute approximate surface area is 164 Å². The molecule has 1 heterocycles. The molecule has 1 amide bonds. The monoisotopic (exact) mass is 379 g/mol. The molecule has 1 N–H and O–H groups in total. The molecule has 5 nitrogen and oxygen atoms in total. The summed E-state index contributed by atoms with van der Waals surface area (Å²) in [5.74, 6) is -0.573. The number of nitrogens with one attached hydrogen (secondary N) is 1. The minimum atomic E-state index is -0.452. The first-order valence-electron chi connectivity index (χ1n) is 9.39. The van der Waals surface area contributed by atoms with Crippen LogP contribution < -0.4 is 5.32 Å². The quantitative estimate of drug-likeness (QED) is 0.629. The minimum Gasteiger partial charge on any atom is -0.464 e. The molecular formula is C23H25NO4. The van der Waals surface area contributed by atoms with Crippen molar-refractivity contribution in [2.75, 3.05) is 13.2 Å². The van der Waals surface area contributed by atoms with Gasteiger partial charge < -0.3 is 14.5 Å². The van der Waals surface area contributed by atoms with Gasteiger partial charge in [0.15, 0.2) is 6.61 Å². The molecule has 0 aliphatic rings. The van der Waals surface area contributed by atoms with Crippen LogP contribution in [0.5, 0.6) is 0 Å². The van der Waals surface area contributed by atoms with Crippen LogP contribution in [0.15, 0.2) is 53.1 Å². The average molecular weight is 379 g/mol. The average Bonchev–Trinajstić information content (AvgIpc) is 3.11. The van der Waals surface area contributed by atoms with E-state index < -0.39 is 5.97 Å². The topological polar surface area (TPSA) is 68.5 Å². The van der Waals surface area contributed by atoms with Crippen molar-refractivity contribution in [2.24, 2.45) is 0 Å². The number of furan rings is 1. The van der Waals surface area contributed by atoms with Crippen LogP contribution in [0.2, 0.25) is 0 Å². The van der Waals surface area contributed by atoms with Crippen molar-refractivity contribution in [3.8, 4) is 0 Å². The first kappa shape index (κ1) is 19.7. The molecule has 1 aromatic heterocycles. The molecule has 3 rings (SSSR count). The van der Waals surface area contributed by atoms with Gasteiger partial charge in [-0.1, -0.05) is 49.4 Å². The fourth-order valence-corrected chi connectivity index (χ4v) is 3.10. The Morgan fingerprint density at radius 3 is 2.61 bits per heavy atom. The lowest BCUT2D eigenvalue weighted by atomic mass is 10.0. The lowest BCUT2D eigenvalue weighted by Crippen LogP contribution is -2.31. The van der Waals surface area contributed by atoms with Crippen molar-refractivity contribution < 1.29 is 18.7 Å². The summed E-state index contributed by atoms with van der Waals surface area (Å²) in [7, 11) is 0. The molecule has 146 valence electrons. The molecule has 0 radical (unpaired) electrons. The Morgan fingerprint density at radius 1 is 1.11 bits per heavy atom. The van der Waals surface area contributed by atoms with Crippen LogP contribution in [0.25, 0.3) is 11.0 Å². The van der Waals surface area contributed by atoms with Crippen LogP contribution in [-0.4, -0.2) is 25.0 Å². The van der Waals surface area contributed by atoms with Gasteiger partial charge in [-0.3, -0.25) is 9.59 Å². The van der Waals surface area contributed by atoms with E-state index in [4.69, 9.17) is 9.15 Å². The molecule has 0 fully saturated rings. The van der Waals surface area contributed by atoms with Crippen molar-refractivity contribution in [1.82, 2.24) is 5.32 Å². The number of benzene rings is 2. The highest BCUT2D eigenvalue weighted by Crippen LogP contribution is 2.26. The van der Waals surface area contributed by atoms with E-state index in [1.54, 1.807) is 6.26 Å². The predicted octanol–water partition coefficient (Wildman–Crippen LogP) is 4.06. The Bertz CT molecular complexity index is 975. The molecule has 0 saturated heterocycles. The molecule has 28 heavy (non-hydrogen) atoms. The highest BCUT2D eigenvalue weighted by Gasteiger charge is 2.15. The molecule has 3 aromatic rings. The number of esters is 1. The summed E-state index contributed by atoms with van der Waals surface area (Å²) in [5.41, 5.74) is 4.90. The van der Waals surface area contributed by atoms with Crippen LogP contribution in [0.1, 0.15) is 35.1 Å². The summed E-state index contributed by atoms with van der Waals surface area (Å²) in [6, 6.07) is 13.9. The molecule has 0 saturated carbocycles. The third-order valence-electron chi connectivity index (χ3n) is 5.01. The number of amides is 1. The molecule has 1 atom stereocenters. The van der Waals surface area contributed by atoms with E-state index >= 15 is 0 Å². The molecule has 0 aliphatic carbocycles. The number of ether oxygens (including phenoxy) is 1. The van der Waals surface area contributed by atoms with Crippen molar-refractivity contribution in [3.63, 3.8) is 0 Å². The number of aryl methyl sites for hydroxylation is 2. The maximum Gasteiger partial charge on any atom is 0.310 e. The first-order valence-corrected chi connectivity index (χ1v) is 9.39. The molecule has 0 aliphatic heterocycles. The number of hydrogen-bond acceptors (Lipinski definition) is 4. The summed E-state index contributed by atoms with van der Waals surface area (Å²) in [6.45, 7) is 6.25. The molecule has 0 spiro atoms. The third kappa shape index (κ3) is 4.60. The number of rotatable bonds is 7. The largest absolute Gasteiger partial charge is 0.464 e. The predicted molar refractivity (Wildman–Crippen MR) is 108 cm³/mol. The molecule has 2 aromatic carbocycles. The van der Waals surface area contributed by atoms with E-state index in [0.29, 0.717) is 6.54 Å². The lowest BCUT2D eigenvalue weighted by molar-refractivity contribution is -0.147. The number of hydrogen-bond donors (Lipinski definition) is 1. The maximum absolute atomic E-state index is 12.1. The fraction of sp³-hybridized carbons (Fsp3) is 0.304. The van der Waals surface area contributed by atoms with E-state index in [0.717, 1.165) is 33.2 Å². The van der Waals surface area contributed by atoms with Gasteiger partial charge in [0.25, 0.3) is 5.91 Å². The lowest BCUT2D eigenvalue weighted by Gasteiger charge is -2.13. The second-order valence-corrected chi connectivity index (χ2v) is 7.10. The minimum absolute atomic E-state index is 0.0726. The van der Waals surface area contributed by atoms with Crippen LogP contribution in [0.3, 0.4) is 0 Å². The van der Waals surface area contributed by atoms with E-state index in [-0.39, 0.29) is 24.9 Å². The number of carbonyl (C=O) groups excluding carboxylic acids is 2. The van der Waals surface area contributed by atoms with Crippen molar-refractivity contribution in [3.05, 3.63) is 71.0 Å². The van der Waals surface area contributed by atoms with E-state index in [2.05, 4.69) is 5.32 Å². The summed E-state index contributed by atoms with van der Waals surface area (Å²) >= 11 is 0. The smallest absolute Gasteiger partial charge is 0.310 e. The Hall–Kier alpha value is -3.08. The third-order valence-corrected chi connectivity index (χ3v) is 5.01. The number of fused-ring (bicyclic) bond motifs is 1. The van der Waals surface area contributed by atoms with Gasteiger partial charge in [-0.05, 0) is 36.5 Å². The molecule has 0 bridgehead atoms. The Balaban J connectivity index is 1.48. The SMILES string of the molecule is Cc1ccc2c(CC(=O)OCC(=O)NC[C@H](C)c3ccccc3)coc2c1C. The first-order chi connectivity index (χ1) is 13.5. The van der Waals surface area contributed by atoms with Crippen molar-refractivity contribution in [1.29, 1.82) is 0 Å². The van der Waals surface area contributed by atoms with Gasteiger partial charge in [0, 0.05) is 17.5 Å². The van der Waals surface area contributed by atoms with Crippen molar-refractivity contribution in [2.45, 2.75) is 33.1 Å². The summed E-state index contributed by atoms with van der Waals surface area (Å²) in [4.78, 5) is 24.1. The standard InChI is InChI=1S/C23H25NO4/c1-15-9-10-20-19(13-28-23(20)17(15)3)11-22(26)27-14-21(25)24-12-16(2)18-7-5-4-6-8-18/h4-10,13,16H,11-12,14H2,1-3H3,(H,24,25)/t16-/m0/s1. The Morgan fingerprint density at radius 2 is 1.86 bits per heavy atom. The van der Waals surface area contributed by atoms with Crippen LogP contribution in [0, 0.1) is 13.8 Å². The van der Waals surface area contributed by atoms with Gasteiger partial charge in [-0.2, -0.15) is 0 Å². The molecule has 0 unspecified atom stereocenters. The summed E-state index contributed by atoms with van der Waals surface area (Å²) in [5, 5.41) is 3.71. The highest BCUT2D eigenvalue weighted by atomic mass is 16.5. The zero-order chi connectivity index (χ0) is 20.1. The Kier molecular flexibility index (Phi) is 6.14. The van der Waals surface area contributed by atoms with Gasteiger partial charge in [-0.25, -0.2) is 0 Å². The van der Waals surface area contributed by atoms with Crippen LogP contribution in [-0.2, 0) is 20.7 Å². The van der Waals surface area contributed by atoms with E-state index in [1.807, 2.05) is 63.2 Å². The van der Waals surface area contributed by atoms with Gasteiger partial charge >= 0.3 is 5.97 Å². The van der Waals surface area contributed by atoms with E-state index in [9.17, 15) is 9.59 Å². The summed E-state index contributed by atoms with van der Waals surface area (Å²) < 4.78 is 10.7. The van der Waals surface area contributed by atoms with Gasteiger partial charge in [-0.15, -0.1) is 0 Å². The number of carbonyl (C=O) groups is 2. The van der Waals surface area contributed by atoms with Crippen LogP contribution in [0.4, 0.5) is 0 Å². The molecule has 5 heteroatoms. The summed E-state index contributed by atoms with van der Waals surface area (Å²) in [6.07, 6.45) is 1.66. The van der Waals surface area contributed by atoms with Crippen LogP contribution >= 0.6 is 0 Å². The highest BCUT2D eigenvalue weighted by molar-refractivity contribution is 5.89. The van der Waals surface area contributed by atoms with Gasteiger partial charge in [0.05, 0.1) is 12.7 Å². The second-order valence-electron chi connectivity index (χ2n) is 7.10. The van der Waals surface area contributed by atoms with Gasteiger partial charge in [0.2, 0.25) is 0 Å². The van der Waals surface area contributed by atoms with Gasteiger partial charge in [0.1, 0.15) is 5.58 Å². The zero-order valence-corrected chi connectivity index (χ0v) is 16.5. The zero-order valence-electron chi connectivity index (χ0n) is 16.5. The normalized spacial score (nSPS) is 12.0. The fourth-order valence-electron chi connectivity index (χ4n) is 3.10. The maximum atomic E-state index is 12.1. The molecular weight excluding hydrogens is 354 g/mol. The van der Waals surface area contributed by atoms with Crippen molar-refractivity contribution >= 4 is 22.8 Å².